The minimum absolute atomic E-state index is 0.105. The van der Waals surface area contributed by atoms with Crippen LogP contribution in [-0.4, -0.2) is 42.1 Å². The van der Waals surface area contributed by atoms with Crippen molar-refractivity contribution in [3.63, 3.8) is 0 Å². The van der Waals surface area contributed by atoms with E-state index in [1.54, 1.807) is 12.1 Å². The lowest BCUT2D eigenvalue weighted by atomic mass is 10.2. The van der Waals surface area contributed by atoms with E-state index >= 15 is 0 Å². The Morgan fingerprint density at radius 1 is 1.59 bits per heavy atom. The zero-order chi connectivity index (χ0) is 12.8. The molecule has 0 bridgehead atoms. The first kappa shape index (κ1) is 13.7. The molecule has 2 N–H and O–H groups in total. The van der Waals surface area contributed by atoms with Gasteiger partial charge in [-0.2, -0.15) is 0 Å². The fourth-order valence-corrected chi connectivity index (χ4v) is 1.26. The molecule has 0 aromatic carbocycles. The van der Waals surface area contributed by atoms with Crippen molar-refractivity contribution in [2.75, 3.05) is 20.1 Å². The molecule has 1 amide bonds. The molecule has 0 aliphatic rings. The maximum atomic E-state index is 11.5. The van der Waals surface area contributed by atoms with Gasteiger partial charge in [-0.1, -0.05) is 0 Å². The Labute approximate surface area is 101 Å². The predicted molar refractivity (Wildman–Crippen MR) is 64.4 cm³/mol. The van der Waals surface area contributed by atoms with Gasteiger partial charge in [-0.3, -0.25) is 9.69 Å². The maximum absolute atomic E-state index is 11.5. The summed E-state index contributed by atoms with van der Waals surface area (Å²) in [6.07, 6.45) is 0.700. The largest absolute Gasteiger partial charge is 0.467 e. The van der Waals surface area contributed by atoms with E-state index in [2.05, 4.69) is 5.32 Å². The van der Waals surface area contributed by atoms with Crippen LogP contribution in [0.1, 0.15) is 25.7 Å². The number of aliphatic hydroxyl groups excluding tert-OH is 1. The van der Waals surface area contributed by atoms with E-state index in [4.69, 9.17) is 4.42 Å². The van der Waals surface area contributed by atoms with Crippen molar-refractivity contribution >= 4 is 5.91 Å². The Kier molecular flexibility index (Phi) is 5.18. The average molecular weight is 240 g/mol. The summed E-state index contributed by atoms with van der Waals surface area (Å²) in [7, 11) is 1.88. The summed E-state index contributed by atoms with van der Waals surface area (Å²) in [6, 6.07) is 3.69. The Bertz CT molecular complexity index is 336. The Morgan fingerprint density at radius 3 is 2.82 bits per heavy atom. The van der Waals surface area contributed by atoms with Gasteiger partial charge in [0.15, 0.2) is 0 Å². The van der Waals surface area contributed by atoms with Crippen molar-refractivity contribution in [1.82, 2.24) is 10.2 Å². The van der Waals surface area contributed by atoms with E-state index in [1.807, 2.05) is 25.8 Å². The molecule has 17 heavy (non-hydrogen) atoms. The maximum Gasteiger partial charge on any atom is 0.234 e. The summed E-state index contributed by atoms with van der Waals surface area (Å²) in [5.74, 6) is 0.356. The smallest absolute Gasteiger partial charge is 0.234 e. The Hall–Kier alpha value is -1.33. The monoisotopic (exact) mass is 240 g/mol. The molecule has 0 aliphatic carbocycles. The highest BCUT2D eigenvalue weighted by Gasteiger charge is 2.13. The SMILES string of the molecule is CC(C)N(C)CC(=O)NCC(O)c1ccco1. The van der Waals surface area contributed by atoms with Crippen LogP contribution in [-0.2, 0) is 4.79 Å². The number of hydrogen-bond donors (Lipinski definition) is 2. The summed E-state index contributed by atoms with van der Waals surface area (Å²) < 4.78 is 5.04. The van der Waals surface area contributed by atoms with E-state index in [9.17, 15) is 9.90 Å². The number of nitrogens with zero attached hydrogens (tertiary/aromatic N) is 1. The van der Waals surface area contributed by atoms with Crippen molar-refractivity contribution in [2.24, 2.45) is 0 Å². The summed E-state index contributed by atoms with van der Waals surface area (Å²) in [6.45, 7) is 4.52. The van der Waals surface area contributed by atoms with E-state index < -0.39 is 6.10 Å². The zero-order valence-corrected chi connectivity index (χ0v) is 10.5. The highest BCUT2D eigenvalue weighted by molar-refractivity contribution is 5.78. The van der Waals surface area contributed by atoms with Gasteiger partial charge in [-0.05, 0) is 33.0 Å². The molecular formula is C12H20N2O3. The van der Waals surface area contributed by atoms with Gasteiger partial charge in [0.2, 0.25) is 5.91 Å². The van der Waals surface area contributed by atoms with Crippen molar-refractivity contribution in [3.8, 4) is 0 Å². The molecule has 0 radical (unpaired) electrons. The number of amides is 1. The average Bonchev–Trinajstić information content (AvgIpc) is 2.79. The van der Waals surface area contributed by atoms with Gasteiger partial charge in [0.25, 0.3) is 0 Å². The van der Waals surface area contributed by atoms with Crippen LogP contribution in [0.5, 0.6) is 0 Å². The minimum atomic E-state index is -0.793. The molecule has 1 rings (SSSR count). The molecule has 0 fully saturated rings. The second kappa shape index (κ2) is 6.42. The zero-order valence-electron chi connectivity index (χ0n) is 10.5. The van der Waals surface area contributed by atoms with E-state index in [-0.39, 0.29) is 12.5 Å². The summed E-state index contributed by atoms with van der Waals surface area (Å²) in [5, 5.41) is 12.3. The quantitative estimate of drug-likeness (QED) is 0.771. The highest BCUT2D eigenvalue weighted by Crippen LogP contribution is 2.11. The molecule has 96 valence electrons. The van der Waals surface area contributed by atoms with Crippen LogP contribution in [0.4, 0.5) is 0 Å². The number of rotatable bonds is 6. The lowest BCUT2D eigenvalue weighted by molar-refractivity contribution is -0.122. The summed E-state index contributed by atoms with van der Waals surface area (Å²) in [5.41, 5.74) is 0. The molecule has 1 atom stereocenters. The van der Waals surface area contributed by atoms with Gasteiger partial charge < -0.3 is 14.8 Å². The van der Waals surface area contributed by atoms with E-state index in [0.29, 0.717) is 18.3 Å². The van der Waals surface area contributed by atoms with E-state index in [1.165, 1.54) is 6.26 Å². The van der Waals surface area contributed by atoms with Crippen LogP contribution < -0.4 is 5.32 Å². The summed E-state index contributed by atoms with van der Waals surface area (Å²) in [4.78, 5) is 13.5. The molecule has 5 heteroatoms. The number of likely N-dealkylation sites (N-methyl/N-ethyl adjacent to an activating group) is 1. The number of aliphatic hydroxyl groups is 1. The molecule has 1 unspecified atom stereocenters. The number of carbonyl (C=O) groups is 1. The van der Waals surface area contributed by atoms with Gasteiger partial charge >= 0.3 is 0 Å². The molecule has 0 aliphatic heterocycles. The summed E-state index contributed by atoms with van der Waals surface area (Å²) >= 11 is 0. The second-order valence-corrected chi connectivity index (χ2v) is 4.34. The second-order valence-electron chi connectivity index (χ2n) is 4.34. The predicted octanol–water partition coefficient (Wildman–Crippen LogP) is 0.769. The third-order valence-corrected chi connectivity index (χ3v) is 2.64. The first-order valence-corrected chi connectivity index (χ1v) is 5.69. The van der Waals surface area contributed by atoms with E-state index in [0.717, 1.165) is 0 Å². The van der Waals surface area contributed by atoms with Crippen LogP contribution in [0.2, 0.25) is 0 Å². The van der Waals surface area contributed by atoms with Crippen LogP contribution in [0.3, 0.4) is 0 Å². The molecule has 1 aromatic rings. The lowest BCUT2D eigenvalue weighted by Gasteiger charge is -2.20. The fraction of sp³-hybridized carbons (Fsp3) is 0.583. The highest BCUT2D eigenvalue weighted by atomic mass is 16.4. The third-order valence-electron chi connectivity index (χ3n) is 2.64. The first-order chi connectivity index (χ1) is 8.00. The topological polar surface area (TPSA) is 65.7 Å². The van der Waals surface area contributed by atoms with Crippen molar-refractivity contribution in [1.29, 1.82) is 0 Å². The standard InChI is InChI=1S/C12H20N2O3/c1-9(2)14(3)8-12(16)13-7-10(15)11-5-4-6-17-11/h4-6,9-10,15H,7-8H2,1-3H3,(H,13,16). The minimum Gasteiger partial charge on any atom is -0.467 e. The van der Waals surface area contributed by atoms with Crippen molar-refractivity contribution in [3.05, 3.63) is 24.2 Å². The van der Waals surface area contributed by atoms with Gasteiger partial charge in [0.1, 0.15) is 11.9 Å². The molecule has 5 nitrogen and oxygen atoms in total. The fourth-order valence-electron chi connectivity index (χ4n) is 1.26. The molecule has 0 saturated carbocycles. The first-order valence-electron chi connectivity index (χ1n) is 5.69. The number of furan rings is 1. The van der Waals surface area contributed by atoms with Crippen LogP contribution >= 0.6 is 0 Å². The molecule has 0 saturated heterocycles. The van der Waals surface area contributed by atoms with Crippen molar-refractivity contribution < 1.29 is 14.3 Å². The number of nitrogens with one attached hydrogen (secondary N) is 1. The van der Waals surface area contributed by atoms with Gasteiger partial charge in [-0.15, -0.1) is 0 Å². The lowest BCUT2D eigenvalue weighted by Crippen LogP contribution is -2.39. The van der Waals surface area contributed by atoms with Crippen LogP contribution in [0.15, 0.2) is 22.8 Å². The normalized spacial score (nSPS) is 13.1. The van der Waals surface area contributed by atoms with Crippen molar-refractivity contribution in [2.45, 2.75) is 26.0 Å². The third kappa shape index (κ3) is 4.58. The number of carbonyl (C=O) groups excluding carboxylic acids is 1. The molecular weight excluding hydrogens is 220 g/mol. The number of hydrogen-bond acceptors (Lipinski definition) is 4. The molecule has 1 heterocycles. The Balaban J connectivity index is 2.29. The molecule has 0 spiro atoms. The van der Waals surface area contributed by atoms with Crippen LogP contribution in [0.25, 0.3) is 0 Å². The molecule has 1 aromatic heterocycles. The van der Waals surface area contributed by atoms with Crippen LogP contribution in [0, 0.1) is 0 Å². The van der Waals surface area contributed by atoms with Gasteiger partial charge in [0.05, 0.1) is 19.4 Å². The van der Waals surface area contributed by atoms with Gasteiger partial charge in [-0.25, -0.2) is 0 Å². The van der Waals surface area contributed by atoms with Gasteiger partial charge in [0, 0.05) is 6.04 Å². The Morgan fingerprint density at radius 2 is 2.29 bits per heavy atom.